The topological polar surface area (TPSA) is 38.8 Å². The first-order valence-corrected chi connectivity index (χ1v) is 9.26. The maximum absolute atomic E-state index is 12.8. The Bertz CT molecular complexity index is 615. The number of alkyl halides is 1. The van der Waals surface area contributed by atoms with Crippen LogP contribution in [0.4, 0.5) is 0 Å². The summed E-state index contributed by atoms with van der Waals surface area (Å²) in [5.74, 6) is 1.43. The van der Waals surface area contributed by atoms with Gasteiger partial charge in [-0.05, 0) is 43.4 Å². The molecular weight excluding hydrogens is 358 g/mol. The molecule has 124 valence electrons. The molecule has 0 bridgehead atoms. The van der Waals surface area contributed by atoms with Gasteiger partial charge >= 0.3 is 0 Å². The van der Waals surface area contributed by atoms with Gasteiger partial charge in [-0.3, -0.25) is 4.79 Å². The number of carbonyl (C=O) groups excluding carboxylic acids is 1. The van der Waals surface area contributed by atoms with E-state index < -0.39 is 0 Å². The molecule has 23 heavy (non-hydrogen) atoms. The summed E-state index contributed by atoms with van der Waals surface area (Å²) in [5, 5.41) is 0.978. The van der Waals surface area contributed by atoms with E-state index in [9.17, 15) is 4.79 Å². The summed E-state index contributed by atoms with van der Waals surface area (Å²) in [6.07, 6.45) is 8.36. The molecule has 0 aromatic heterocycles. The fourth-order valence-corrected chi connectivity index (χ4v) is 3.56. The van der Waals surface area contributed by atoms with Crippen molar-refractivity contribution in [2.75, 3.05) is 25.6 Å². The summed E-state index contributed by atoms with van der Waals surface area (Å²) in [5.41, 5.74) is 1.62. The molecule has 4 nitrogen and oxygen atoms in total. The fraction of sp³-hybridized carbons (Fsp3) is 0.500. The second-order valence-corrected chi connectivity index (χ2v) is 6.70. The Balaban J connectivity index is 1.87. The fourth-order valence-electron chi connectivity index (χ4n) is 3.16. The van der Waals surface area contributed by atoms with Crippen LogP contribution in [0.3, 0.4) is 0 Å². The first-order chi connectivity index (χ1) is 11.2. The second kappa shape index (κ2) is 7.39. The van der Waals surface area contributed by atoms with Gasteiger partial charge in [-0.2, -0.15) is 0 Å². The number of hydrogen-bond acceptors (Lipinski definition) is 3. The molecule has 1 saturated heterocycles. The first kappa shape index (κ1) is 16.4. The van der Waals surface area contributed by atoms with Crippen LogP contribution in [0.1, 0.15) is 41.6 Å². The molecular formula is C18H22BrNO3. The van der Waals surface area contributed by atoms with Crippen molar-refractivity contribution in [3.05, 3.63) is 29.3 Å². The number of ether oxygens (including phenoxy) is 2. The molecule has 0 saturated carbocycles. The number of nitrogens with zero attached hydrogens (tertiary/aromatic N) is 1. The Kier molecular flexibility index (Phi) is 5.26. The molecule has 2 heterocycles. The summed E-state index contributed by atoms with van der Waals surface area (Å²) in [4.78, 5) is 14.7. The van der Waals surface area contributed by atoms with Crippen LogP contribution in [-0.4, -0.2) is 42.4 Å². The van der Waals surface area contributed by atoms with Gasteiger partial charge in [0, 0.05) is 11.9 Å². The van der Waals surface area contributed by atoms with Crippen LogP contribution in [0.15, 0.2) is 18.2 Å². The van der Waals surface area contributed by atoms with Crippen LogP contribution in [0.25, 0.3) is 6.08 Å². The van der Waals surface area contributed by atoms with E-state index in [-0.39, 0.29) is 11.9 Å². The van der Waals surface area contributed by atoms with Crippen molar-refractivity contribution in [1.82, 2.24) is 4.90 Å². The summed E-state index contributed by atoms with van der Waals surface area (Å²) in [6, 6.07) is 3.98. The molecule has 0 radical (unpaired) electrons. The lowest BCUT2D eigenvalue weighted by Crippen LogP contribution is -2.33. The van der Waals surface area contributed by atoms with E-state index in [2.05, 4.69) is 22.0 Å². The van der Waals surface area contributed by atoms with Crippen LogP contribution in [0.5, 0.6) is 11.5 Å². The molecule has 2 aliphatic rings. The Labute approximate surface area is 145 Å². The van der Waals surface area contributed by atoms with Crippen LogP contribution in [0.2, 0.25) is 0 Å². The average molecular weight is 380 g/mol. The van der Waals surface area contributed by atoms with E-state index in [0.29, 0.717) is 23.7 Å². The molecule has 1 fully saturated rings. The number of rotatable bonds is 6. The molecule has 1 atom stereocenters. The standard InChI is InChI=1S/C18H22BrNO3/c1-22-16-12-15-13(11-17(16)23-10-3-2-8-19)6-7-14-5-4-9-20(14)18(15)21/h6-7,11-12,14H,2-5,8-10H2,1H3/t14-/m0/s1. The highest BCUT2D eigenvalue weighted by Gasteiger charge is 2.31. The minimum Gasteiger partial charge on any atom is -0.493 e. The number of methoxy groups -OCH3 is 1. The molecule has 0 spiro atoms. The largest absolute Gasteiger partial charge is 0.493 e. The molecule has 0 unspecified atom stereocenters. The molecule has 5 heteroatoms. The molecule has 3 rings (SSSR count). The predicted octanol–water partition coefficient (Wildman–Crippen LogP) is 3.88. The highest BCUT2D eigenvalue weighted by Crippen LogP contribution is 2.35. The van der Waals surface area contributed by atoms with Crippen molar-refractivity contribution in [1.29, 1.82) is 0 Å². The van der Waals surface area contributed by atoms with Gasteiger partial charge in [0.2, 0.25) is 0 Å². The summed E-state index contributed by atoms with van der Waals surface area (Å²) >= 11 is 3.42. The quantitative estimate of drug-likeness (QED) is 0.555. The number of fused-ring (bicyclic) bond motifs is 2. The van der Waals surface area contributed by atoms with E-state index in [0.717, 1.165) is 43.1 Å². The Hall–Kier alpha value is -1.49. The summed E-state index contributed by atoms with van der Waals surface area (Å²) in [7, 11) is 1.61. The second-order valence-electron chi connectivity index (χ2n) is 5.90. The van der Waals surface area contributed by atoms with Crippen molar-refractivity contribution < 1.29 is 14.3 Å². The normalized spacial score (nSPS) is 19.3. The average Bonchev–Trinajstić information content (AvgIpc) is 3.00. The molecule has 1 aromatic carbocycles. The zero-order valence-corrected chi connectivity index (χ0v) is 15.0. The number of unbranched alkanes of at least 4 members (excludes halogenated alkanes) is 1. The maximum atomic E-state index is 12.8. The van der Waals surface area contributed by atoms with Crippen LogP contribution < -0.4 is 9.47 Å². The van der Waals surface area contributed by atoms with Crippen LogP contribution >= 0.6 is 15.9 Å². The Morgan fingerprint density at radius 2 is 2.17 bits per heavy atom. The number of carbonyl (C=O) groups is 1. The first-order valence-electron chi connectivity index (χ1n) is 8.14. The number of halogens is 1. The van der Waals surface area contributed by atoms with Gasteiger partial charge in [-0.1, -0.05) is 28.1 Å². The van der Waals surface area contributed by atoms with Gasteiger partial charge in [0.1, 0.15) is 0 Å². The molecule has 1 aromatic rings. The van der Waals surface area contributed by atoms with E-state index in [1.165, 1.54) is 0 Å². The Morgan fingerprint density at radius 3 is 2.96 bits per heavy atom. The smallest absolute Gasteiger partial charge is 0.255 e. The third-order valence-electron chi connectivity index (χ3n) is 4.41. The zero-order valence-electron chi connectivity index (χ0n) is 13.4. The summed E-state index contributed by atoms with van der Waals surface area (Å²) in [6.45, 7) is 1.48. The van der Waals surface area contributed by atoms with Crippen molar-refractivity contribution in [3.8, 4) is 11.5 Å². The van der Waals surface area contributed by atoms with E-state index in [4.69, 9.17) is 9.47 Å². The van der Waals surface area contributed by atoms with E-state index in [1.807, 2.05) is 23.1 Å². The van der Waals surface area contributed by atoms with Crippen molar-refractivity contribution in [2.45, 2.75) is 31.7 Å². The van der Waals surface area contributed by atoms with Crippen molar-refractivity contribution in [2.24, 2.45) is 0 Å². The van der Waals surface area contributed by atoms with Crippen molar-refractivity contribution >= 4 is 27.9 Å². The summed E-state index contributed by atoms with van der Waals surface area (Å²) < 4.78 is 11.3. The third-order valence-corrected chi connectivity index (χ3v) is 4.97. The van der Waals surface area contributed by atoms with Gasteiger partial charge in [-0.15, -0.1) is 0 Å². The highest BCUT2D eigenvalue weighted by molar-refractivity contribution is 9.09. The maximum Gasteiger partial charge on any atom is 0.255 e. The van der Waals surface area contributed by atoms with Gasteiger partial charge in [0.05, 0.1) is 25.3 Å². The number of amides is 1. The van der Waals surface area contributed by atoms with Crippen LogP contribution in [-0.2, 0) is 0 Å². The monoisotopic (exact) mass is 379 g/mol. The lowest BCUT2D eigenvalue weighted by Gasteiger charge is -2.21. The molecule has 0 N–H and O–H groups in total. The van der Waals surface area contributed by atoms with Crippen molar-refractivity contribution in [3.63, 3.8) is 0 Å². The Morgan fingerprint density at radius 1 is 1.30 bits per heavy atom. The number of hydrogen-bond donors (Lipinski definition) is 0. The van der Waals surface area contributed by atoms with Gasteiger partial charge in [0.15, 0.2) is 11.5 Å². The van der Waals surface area contributed by atoms with Gasteiger partial charge in [0.25, 0.3) is 5.91 Å². The molecule has 0 aliphatic carbocycles. The lowest BCUT2D eigenvalue weighted by atomic mass is 10.1. The molecule has 1 amide bonds. The van der Waals surface area contributed by atoms with E-state index in [1.54, 1.807) is 7.11 Å². The number of benzene rings is 1. The minimum atomic E-state index is 0.0941. The predicted molar refractivity (Wildman–Crippen MR) is 94.6 cm³/mol. The third kappa shape index (κ3) is 3.39. The minimum absolute atomic E-state index is 0.0941. The highest BCUT2D eigenvalue weighted by atomic mass is 79.9. The SMILES string of the molecule is COc1cc2c(cc1OCCCCBr)C=C[C@@H]1CCCN1C2=O. The van der Waals surface area contributed by atoms with E-state index >= 15 is 0 Å². The molecule has 2 aliphatic heterocycles. The van der Waals surface area contributed by atoms with Crippen LogP contribution in [0, 0.1) is 0 Å². The zero-order chi connectivity index (χ0) is 16.2. The van der Waals surface area contributed by atoms with Gasteiger partial charge in [-0.25, -0.2) is 0 Å². The van der Waals surface area contributed by atoms with Gasteiger partial charge < -0.3 is 14.4 Å². The lowest BCUT2D eigenvalue weighted by molar-refractivity contribution is 0.0763.